The zero-order chi connectivity index (χ0) is 24.1. The van der Waals surface area contributed by atoms with E-state index >= 15 is 0 Å². The van der Waals surface area contributed by atoms with Crippen LogP contribution in [0, 0.1) is 0 Å². The molecule has 2 aromatic carbocycles. The van der Waals surface area contributed by atoms with Gasteiger partial charge in [-0.3, -0.25) is 14.3 Å². The first-order chi connectivity index (χ1) is 16.3. The van der Waals surface area contributed by atoms with Crippen LogP contribution in [0.4, 0.5) is 0 Å². The molecule has 0 fully saturated rings. The van der Waals surface area contributed by atoms with Crippen molar-refractivity contribution in [2.45, 2.75) is 32.2 Å². The van der Waals surface area contributed by atoms with E-state index in [0.29, 0.717) is 11.1 Å². The molecule has 0 bridgehead atoms. The number of phenols is 2. The summed E-state index contributed by atoms with van der Waals surface area (Å²) < 4.78 is 18.5. The third kappa shape index (κ3) is 3.37. The van der Waals surface area contributed by atoms with Crippen molar-refractivity contribution in [2.75, 3.05) is 7.11 Å². The standard InChI is InChI=1S/C25H22N2O7/c1-12(2)27-15(6-7-26-27)14-9-22(31)33-21-11-18(30)24-17(29)10-20(34-25(24)23(14)21)13-4-5-19(32-3)16(28)8-13/h4-8,10-12,14,28,30H,9H2,1-3H3/t14-/m1/s1. The summed E-state index contributed by atoms with van der Waals surface area (Å²) in [5, 5.41) is 25.2. The normalized spacial score (nSPS) is 15.4. The molecule has 174 valence electrons. The third-order valence-electron chi connectivity index (χ3n) is 5.94. The van der Waals surface area contributed by atoms with E-state index in [2.05, 4.69) is 5.10 Å². The molecule has 0 aliphatic carbocycles. The summed E-state index contributed by atoms with van der Waals surface area (Å²) in [6.45, 7) is 3.95. The van der Waals surface area contributed by atoms with Crippen LogP contribution in [0.15, 0.2) is 51.8 Å². The molecular weight excluding hydrogens is 440 g/mol. The molecule has 0 spiro atoms. The number of carbonyl (C=O) groups excluding carboxylic acids is 1. The number of aromatic nitrogens is 2. The van der Waals surface area contributed by atoms with E-state index in [1.165, 1.54) is 25.3 Å². The van der Waals surface area contributed by atoms with Gasteiger partial charge in [-0.25, -0.2) is 0 Å². The maximum absolute atomic E-state index is 13.1. The fourth-order valence-corrected chi connectivity index (χ4v) is 4.43. The molecule has 5 rings (SSSR count). The quantitative estimate of drug-likeness (QED) is 0.343. The average Bonchev–Trinajstić information content (AvgIpc) is 3.28. The summed E-state index contributed by atoms with van der Waals surface area (Å²) in [7, 11) is 1.43. The number of phenolic OH excluding ortho intramolecular Hbond substituents is 2. The number of aromatic hydroxyl groups is 2. The maximum atomic E-state index is 13.1. The van der Waals surface area contributed by atoms with Crippen molar-refractivity contribution in [3.63, 3.8) is 0 Å². The number of fused-ring (bicyclic) bond motifs is 3. The zero-order valence-electron chi connectivity index (χ0n) is 18.7. The molecule has 1 aliphatic rings. The van der Waals surface area contributed by atoms with E-state index in [1.807, 2.05) is 19.9 Å². The van der Waals surface area contributed by atoms with Crippen LogP contribution in [0.1, 0.15) is 43.5 Å². The van der Waals surface area contributed by atoms with Crippen molar-refractivity contribution in [3.8, 4) is 34.3 Å². The van der Waals surface area contributed by atoms with Gasteiger partial charge in [-0.1, -0.05) is 0 Å². The van der Waals surface area contributed by atoms with Gasteiger partial charge >= 0.3 is 5.97 Å². The predicted molar refractivity (Wildman–Crippen MR) is 123 cm³/mol. The number of hydrogen-bond acceptors (Lipinski definition) is 8. The molecule has 9 nitrogen and oxygen atoms in total. The van der Waals surface area contributed by atoms with E-state index in [4.69, 9.17) is 13.9 Å². The van der Waals surface area contributed by atoms with Gasteiger partial charge < -0.3 is 24.1 Å². The second kappa shape index (κ2) is 7.95. The van der Waals surface area contributed by atoms with Crippen LogP contribution in [0.2, 0.25) is 0 Å². The highest BCUT2D eigenvalue weighted by Crippen LogP contribution is 2.46. The molecule has 0 amide bonds. The fourth-order valence-electron chi connectivity index (χ4n) is 4.43. The van der Waals surface area contributed by atoms with Gasteiger partial charge in [0.15, 0.2) is 16.9 Å². The van der Waals surface area contributed by atoms with Gasteiger partial charge in [0.1, 0.15) is 28.2 Å². The minimum Gasteiger partial charge on any atom is -0.507 e. The summed E-state index contributed by atoms with van der Waals surface area (Å²) in [5.41, 5.74) is 1.31. The van der Waals surface area contributed by atoms with Crippen LogP contribution in [-0.2, 0) is 4.79 Å². The summed E-state index contributed by atoms with van der Waals surface area (Å²) in [6, 6.07) is 8.98. The topological polar surface area (TPSA) is 124 Å². The van der Waals surface area contributed by atoms with Crippen LogP contribution in [0.3, 0.4) is 0 Å². The van der Waals surface area contributed by atoms with Crippen LogP contribution in [-0.4, -0.2) is 33.1 Å². The summed E-state index contributed by atoms with van der Waals surface area (Å²) in [5.74, 6) is -0.864. The van der Waals surface area contributed by atoms with Crippen molar-refractivity contribution < 1.29 is 28.9 Å². The Kier molecular flexibility index (Phi) is 5.04. The fraction of sp³-hybridized carbons (Fsp3) is 0.240. The summed E-state index contributed by atoms with van der Waals surface area (Å²) in [4.78, 5) is 25.5. The van der Waals surface area contributed by atoms with E-state index in [1.54, 1.807) is 23.0 Å². The Balaban J connectivity index is 1.80. The summed E-state index contributed by atoms with van der Waals surface area (Å²) in [6.07, 6.45) is 1.67. The van der Waals surface area contributed by atoms with Crippen molar-refractivity contribution in [2.24, 2.45) is 0 Å². The largest absolute Gasteiger partial charge is 0.507 e. The smallest absolute Gasteiger partial charge is 0.312 e. The van der Waals surface area contributed by atoms with E-state index in [0.717, 1.165) is 5.69 Å². The highest BCUT2D eigenvalue weighted by molar-refractivity contribution is 5.93. The van der Waals surface area contributed by atoms with E-state index in [-0.39, 0.29) is 52.2 Å². The van der Waals surface area contributed by atoms with Crippen LogP contribution < -0.4 is 14.9 Å². The minimum absolute atomic E-state index is 0.0150. The Hall–Kier alpha value is -4.27. The van der Waals surface area contributed by atoms with Crippen molar-refractivity contribution in [1.29, 1.82) is 0 Å². The van der Waals surface area contributed by atoms with Crippen molar-refractivity contribution in [3.05, 3.63) is 64.1 Å². The Bertz CT molecular complexity index is 1500. The zero-order valence-corrected chi connectivity index (χ0v) is 18.7. The van der Waals surface area contributed by atoms with Crippen LogP contribution in [0.5, 0.6) is 23.0 Å². The van der Waals surface area contributed by atoms with E-state index in [9.17, 15) is 19.8 Å². The molecule has 0 saturated carbocycles. The Morgan fingerprint density at radius 3 is 2.62 bits per heavy atom. The maximum Gasteiger partial charge on any atom is 0.312 e. The summed E-state index contributed by atoms with van der Waals surface area (Å²) >= 11 is 0. The Morgan fingerprint density at radius 2 is 1.91 bits per heavy atom. The van der Waals surface area contributed by atoms with Gasteiger partial charge in [0.25, 0.3) is 0 Å². The number of benzene rings is 2. The van der Waals surface area contributed by atoms with Gasteiger partial charge in [-0.2, -0.15) is 5.10 Å². The molecule has 2 N–H and O–H groups in total. The van der Waals surface area contributed by atoms with Gasteiger partial charge in [0, 0.05) is 47.1 Å². The lowest BCUT2D eigenvalue weighted by Crippen LogP contribution is -2.24. The number of nitrogens with zero attached hydrogens (tertiary/aromatic N) is 2. The van der Waals surface area contributed by atoms with Gasteiger partial charge in [0.2, 0.25) is 0 Å². The average molecular weight is 462 g/mol. The van der Waals surface area contributed by atoms with Crippen molar-refractivity contribution in [1.82, 2.24) is 9.78 Å². The molecule has 0 unspecified atom stereocenters. The molecule has 0 radical (unpaired) electrons. The first-order valence-corrected chi connectivity index (χ1v) is 10.7. The predicted octanol–water partition coefficient (Wildman–Crippen LogP) is 4.10. The molecule has 2 aromatic heterocycles. The molecule has 0 saturated heterocycles. The first-order valence-electron chi connectivity index (χ1n) is 10.7. The van der Waals surface area contributed by atoms with Crippen molar-refractivity contribution >= 4 is 16.9 Å². The lowest BCUT2D eigenvalue weighted by Gasteiger charge is -2.27. The van der Waals surface area contributed by atoms with Crippen LogP contribution in [0.25, 0.3) is 22.3 Å². The number of rotatable bonds is 4. The molecule has 1 atom stereocenters. The molecule has 3 heterocycles. The highest BCUT2D eigenvalue weighted by atomic mass is 16.5. The second-order valence-corrected chi connectivity index (χ2v) is 8.40. The van der Waals surface area contributed by atoms with Gasteiger partial charge in [0.05, 0.1) is 13.5 Å². The number of methoxy groups -OCH3 is 1. The lowest BCUT2D eigenvalue weighted by atomic mass is 9.87. The first kappa shape index (κ1) is 21.6. The SMILES string of the molecule is COc1ccc(-c2cc(=O)c3c(O)cc4c(c3o2)[C@@H](c2ccnn2C(C)C)CC(=O)O4)cc1O. The number of ether oxygens (including phenoxy) is 2. The highest BCUT2D eigenvalue weighted by Gasteiger charge is 2.35. The Labute approximate surface area is 193 Å². The molecular formula is C25H22N2O7. The third-order valence-corrected chi connectivity index (χ3v) is 5.94. The number of esters is 1. The molecule has 4 aromatic rings. The number of hydrogen-bond donors (Lipinski definition) is 2. The molecule has 34 heavy (non-hydrogen) atoms. The van der Waals surface area contributed by atoms with Gasteiger partial charge in [-0.15, -0.1) is 0 Å². The molecule has 1 aliphatic heterocycles. The van der Waals surface area contributed by atoms with Crippen LogP contribution >= 0.6 is 0 Å². The lowest BCUT2D eigenvalue weighted by molar-refractivity contribution is -0.135. The second-order valence-electron chi connectivity index (χ2n) is 8.40. The van der Waals surface area contributed by atoms with Gasteiger partial charge in [-0.05, 0) is 38.1 Å². The Morgan fingerprint density at radius 1 is 1.12 bits per heavy atom. The van der Waals surface area contributed by atoms with E-state index < -0.39 is 17.3 Å². The number of carbonyl (C=O) groups is 1. The molecule has 9 heteroatoms. The monoisotopic (exact) mass is 462 g/mol. The minimum atomic E-state index is -0.507.